The van der Waals surface area contributed by atoms with E-state index in [0.717, 1.165) is 32.2 Å². The first kappa shape index (κ1) is 15.0. The fraction of sp³-hybridized carbons (Fsp3) is 0.667. The number of carbonyl (C=O) groups excluding carboxylic acids is 1. The third-order valence-electron chi connectivity index (χ3n) is 3.59. The Morgan fingerprint density at radius 2 is 2.37 bits per heavy atom. The predicted octanol–water partition coefficient (Wildman–Crippen LogP) is 4.09. The monoisotopic (exact) mass is 343 g/mol. The lowest BCUT2D eigenvalue weighted by atomic mass is 9.87. The van der Waals surface area contributed by atoms with Crippen molar-refractivity contribution in [2.75, 3.05) is 6.54 Å². The summed E-state index contributed by atoms with van der Waals surface area (Å²) in [5.74, 6) is 0.931. The summed E-state index contributed by atoms with van der Waals surface area (Å²) in [6.07, 6.45) is 4.36. The van der Waals surface area contributed by atoms with Crippen molar-refractivity contribution in [2.24, 2.45) is 5.92 Å². The van der Waals surface area contributed by atoms with Gasteiger partial charge in [0.05, 0.1) is 5.92 Å². The number of carbonyl (C=O) groups is 1. The van der Waals surface area contributed by atoms with Gasteiger partial charge in [0.15, 0.2) is 0 Å². The van der Waals surface area contributed by atoms with E-state index in [-0.39, 0.29) is 11.8 Å². The number of nitrogens with one attached hydrogen (secondary N) is 1. The molecule has 0 aromatic carbocycles. The number of hydrogen-bond acceptors (Lipinski definition) is 2. The van der Waals surface area contributed by atoms with Crippen molar-refractivity contribution in [3.05, 3.63) is 21.9 Å². The van der Waals surface area contributed by atoms with Gasteiger partial charge in [0.2, 0.25) is 5.91 Å². The van der Waals surface area contributed by atoms with Crippen molar-refractivity contribution >= 4 is 33.2 Å². The summed E-state index contributed by atoms with van der Waals surface area (Å²) in [6, 6.07) is 2.13. The third kappa shape index (κ3) is 4.06. The molecule has 1 aromatic rings. The van der Waals surface area contributed by atoms with E-state index in [1.807, 2.05) is 0 Å². The van der Waals surface area contributed by atoms with E-state index in [4.69, 9.17) is 0 Å². The summed E-state index contributed by atoms with van der Waals surface area (Å²) in [5.41, 5.74) is 1.27. The molecule has 0 saturated heterocycles. The first-order valence-corrected chi connectivity index (χ1v) is 8.85. The van der Waals surface area contributed by atoms with E-state index < -0.39 is 0 Å². The van der Waals surface area contributed by atoms with Crippen LogP contribution < -0.4 is 5.32 Å². The van der Waals surface area contributed by atoms with Gasteiger partial charge in [-0.3, -0.25) is 4.79 Å². The minimum absolute atomic E-state index is 0.0775. The Balaban J connectivity index is 1.88. The van der Waals surface area contributed by atoms with Crippen molar-refractivity contribution < 1.29 is 4.79 Å². The highest BCUT2D eigenvalue weighted by Gasteiger charge is 2.27. The molecule has 2 nitrogen and oxygen atoms in total. The average Bonchev–Trinajstić information content (AvgIpc) is 2.83. The van der Waals surface area contributed by atoms with E-state index in [1.165, 1.54) is 10.4 Å². The minimum Gasteiger partial charge on any atom is -0.354 e. The Bertz CT molecular complexity index is 430. The first-order valence-electron chi connectivity index (χ1n) is 7.06. The molecule has 1 N–H and O–H groups in total. The lowest BCUT2D eigenvalue weighted by Crippen LogP contribution is -2.35. The van der Waals surface area contributed by atoms with Crippen molar-refractivity contribution in [2.45, 2.75) is 50.3 Å². The van der Waals surface area contributed by atoms with Crippen LogP contribution in [0.5, 0.6) is 0 Å². The van der Waals surface area contributed by atoms with Gasteiger partial charge in [0.1, 0.15) is 0 Å². The van der Waals surface area contributed by atoms with Gasteiger partial charge >= 0.3 is 0 Å². The van der Waals surface area contributed by atoms with Crippen molar-refractivity contribution in [3.8, 4) is 0 Å². The molecule has 106 valence electrons. The van der Waals surface area contributed by atoms with Gasteiger partial charge in [0, 0.05) is 16.2 Å². The number of thiophene rings is 1. The highest BCUT2D eigenvalue weighted by atomic mass is 79.9. The van der Waals surface area contributed by atoms with Crippen LogP contribution in [0.3, 0.4) is 0 Å². The molecule has 1 amide bonds. The van der Waals surface area contributed by atoms with Crippen LogP contribution in [0.1, 0.15) is 49.5 Å². The van der Waals surface area contributed by atoms with E-state index in [9.17, 15) is 4.79 Å². The Morgan fingerprint density at radius 3 is 3.11 bits per heavy atom. The molecule has 2 rings (SSSR count). The lowest BCUT2D eigenvalue weighted by Gasteiger charge is -2.22. The molecular weight excluding hydrogens is 322 g/mol. The summed E-state index contributed by atoms with van der Waals surface area (Å²) < 4.78 is 0. The maximum Gasteiger partial charge on any atom is 0.227 e. The second-order valence-corrected chi connectivity index (χ2v) is 8.01. The van der Waals surface area contributed by atoms with Gasteiger partial charge in [-0.25, -0.2) is 0 Å². The summed E-state index contributed by atoms with van der Waals surface area (Å²) >= 11 is 5.43. The molecule has 0 radical (unpaired) electrons. The van der Waals surface area contributed by atoms with Crippen molar-refractivity contribution in [1.29, 1.82) is 0 Å². The quantitative estimate of drug-likeness (QED) is 0.801. The summed E-state index contributed by atoms with van der Waals surface area (Å²) in [6.45, 7) is 5.14. The van der Waals surface area contributed by atoms with Gasteiger partial charge in [0.25, 0.3) is 0 Å². The van der Waals surface area contributed by atoms with E-state index >= 15 is 0 Å². The number of aryl methyl sites for hydroxylation is 1. The molecule has 2 atom stereocenters. The summed E-state index contributed by atoms with van der Waals surface area (Å²) in [4.78, 5) is 14.1. The fourth-order valence-corrected chi connectivity index (χ4v) is 4.59. The van der Waals surface area contributed by atoms with Gasteiger partial charge in [-0.2, -0.15) is 0 Å². The maximum absolute atomic E-state index is 12.3. The van der Waals surface area contributed by atoms with Crippen LogP contribution in [0.15, 0.2) is 11.4 Å². The number of fused-ring (bicyclic) bond motifs is 1. The highest BCUT2D eigenvalue weighted by molar-refractivity contribution is 9.09. The molecule has 1 aromatic heterocycles. The van der Waals surface area contributed by atoms with E-state index in [2.05, 4.69) is 46.5 Å². The topological polar surface area (TPSA) is 29.1 Å². The minimum atomic E-state index is 0.0775. The lowest BCUT2D eigenvalue weighted by molar-refractivity contribution is -0.122. The zero-order chi connectivity index (χ0) is 13.8. The number of hydrogen-bond donors (Lipinski definition) is 1. The van der Waals surface area contributed by atoms with E-state index in [1.54, 1.807) is 11.3 Å². The number of rotatable bonds is 5. The fourth-order valence-electron chi connectivity index (χ4n) is 2.69. The summed E-state index contributed by atoms with van der Waals surface area (Å²) in [7, 11) is 0. The van der Waals surface area contributed by atoms with Crippen LogP contribution in [0.25, 0.3) is 0 Å². The van der Waals surface area contributed by atoms with Crippen LogP contribution in [0, 0.1) is 5.92 Å². The molecule has 0 saturated carbocycles. The normalized spacial score (nSPS) is 20.1. The summed E-state index contributed by atoms with van der Waals surface area (Å²) in [5, 5.41) is 5.22. The molecule has 0 spiro atoms. The van der Waals surface area contributed by atoms with Gasteiger partial charge in [-0.1, -0.05) is 29.8 Å². The second kappa shape index (κ2) is 6.89. The zero-order valence-corrected chi connectivity index (χ0v) is 14.0. The van der Waals surface area contributed by atoms with Crippen LogP contribution in [-0.2, 0) is 11.2 Å². The smallest absolute Gasteiger partial charge is 0.227 e. The van der Waals surface area contributed by atoms with Crippen LogP contribution >= 0.6 is 27.3 Å². The molecule has 0 bridgehead atoms. The van der Waals surface area contributed by atoms with Crippen LogP contribution in [0.4, 0.5) is 0 Å². The zero-order valence-electron chi connectivity index (χ0n) is 11.6. The Kier molecular flexibility index (Phi) is 5.46. The Morgan fingerprint density at radius 1 is 1.58 bits per heavy atom. The average molecular weight is 344 g/mol. The molecule has 4 heteroatoms. The second-order valence-electron chi connectivity index (χ2n) is 5.72. The molecule has 0 aliphatic heterocycles. The van der Waals surface area contributed by atoms with Gasteiger partial charge in [-0.15, -0.1) is 11.3 Å². The van der Waals surface area contributed by atoms with Crippen molar-refractivity contribution in [1.82, 2.24) is 5.32 Å². The number of alkyl halides is 1. The Hall–Kier alpha value is -0.350. The van der Waals surface area contributed by atoms with Crippen LogP contribution in [-0.4, -0.2) is 17.3 Å². The van der Waals surface area contributed by atoms with Gasteiger partial charge in [-0.05, 0) is 48.6 Å². The molecule has 19 heavy (non-hydrogen) atoms. The maximum atomic E-state index is 12.3. The van der Waals surface area contributed by atoms with E-state index in [0.29, 0.717) is 10.7 Å². The first-order chi connectivity index (χ1) is 9.08. The largest absolute Gasteiger partial charge is 0.354 e. The van der Waals surface area contributed by atoms with Gasteiger partial charge < -0.3 is 5.32 Å². The standard InChI is InChI=1S/C15H22BrNOS/c1-10(2)8-11(16)9-17-15(18)13-4-3-5-14-12(13)6-7-19-14/h6-7,10-11,13H,3-5,8-9H2,1-2H3,(H,17,18). The molecule has 2 unspecified atom stereocenters. The SMILES string of the molecule is CC(C)CC(Br)CNC(=O)C1CCCc2sccc21. The molecular formula is C15H22BrNOS. The predicted molar refractivity (Wildman–Crippen MR) is 85.2 cm³/mol. The number of amides is 1. The number of halogens is 1. The third-order valence-corrected chi connectivity index (χ3v) is 5.29. The van der Waals surface area contributed by atoms with Crippen molar-refractivity contribution in [3.63, 3.8) is 0 Å². The molecule has 0 fully saturated rings. The molecule has 1 aliphatic carbocycles. The van der Waals surface area contributed by atoms with Crippen LogP contribution in [0.2, 0.25) is 0 Å². The highest BCUT2D eigenvalue weighted by Crippen LogP contribution is 2.35. The molecule has 1 heterocycles. The Labute approximate surface area is 128 Å². The molecule has 1 aliphatic rings.